The fourth-order valence-electron chi connectivity index (χ4n) is 0.648. The van der Waals surface area contributed by atoms with Crippen LogP contribution in [0.15, 0.2) is 5.29 Å². The number of likely N-dealkylation sites (N-methyl/N-ethyl adjacent to an activating group) is 1. The largest absolute Gasteiger partial charge is 0.347 e. The summed E-state index contributed by atoms with van der Waals surface area (Å²) in [5, 5.41) is 7.44. The van der Waals surface area contributed by atoms with Crippen LogP contribution in [0.4, 0.5) is 4.79 Å². The zero-order valence-corrected chi connectivity index (χ0v) is 8.37. The number of rotatable bonds is 5. The molecule has 80 valence electrons. The van der Waals surface area contributed by atoms with Crippen LogP contribution in [0.3, 0.4) is 0 Å². The second kappa shape index (κ2) is 7.22. The topological polar surface area (TPSA) is 90.9 Å². The Morgan fingerprint density at radius 1 is 1.50 bits per heavy atom. The van der Waals surface area contributed by atoms with Crippen LogP contribution < -0.4 is 10.6 Å². The van der Waals surface area contributed by atoms with E-state index >= 15 is 0 Å². The second-order valence-corrected chi connectivity index (χ2v) is 2.66. The van der Waals surface area contributed by atoms with Gasteiger partial charge in [0.2, 0.25) is 5.91 Å². The summed E-state index contributed by atoms with van der Waals surface area (Å²) in [6, 6.07) is -0.874. The van der Waals surface area contributed by atoms with Crippen molar-refractivity contribution in [1.82, 2.24) is 15.6 Å². The van der Waals surface area contributed by atoms with Gasteiger partial charge in [0.05, 0.1) is 18.4 Å². The molecule has 0 saturated carbocycles. The maximum Gasteiger partial charge on any atom is 0.347 e. The number of halogens is 1. The number of alkyl halides is 1. The van der Waals surface area contributed by atoms with Crippen LogP contribution in [-0.4, -0.2) is 43.0 Å². The molecular weight excluding hydrogens is 212 g/mol. The van der Waals surface area contributed by atoms with E-state index in [2.05, 4.69) is 10.6 Å². The van der Waals surface area contributed by atoms with Crippen LogP contribution in [0.2, 0.25) is 0 Å². The van der Waals surface area contributed by atoms with Gasteiger partial charge in [-0.15, -0.1) is 16.5 Å². The van der Waals surface area contributed by atoms with E-state index in [0.29, 0.717) is 5.01 Å². The molecule has 0 rings (SSSR count). The molecule has 0 saturated heterocycles. The minimum Gasteiger partial charge on any atom is -0.311 e. The number of nitrogens with zero attached hydrogens (tertiary/aromatic N) is 2. The molecule has 8 heteroatoms. The molecule has 14 heavy (non-hydrogen) atoms. The number of hydrogen-bond acceptors (Lipinski definition) is 5. The number of hydrogen-bond donors (Lipinski definition) is 2. The van der Waals surface area contributed by atoms with Crippen molar-refractivity contribution in [3.63, 3.8) is 0 Å². The Kier molecular flexibility index (Phi) is 6.59. The van der Waals surface area contributed by atoms with Crippen molar-refractivity contribution >= 4 is 23.5 Å². The lowest BCUT2D eigenvalue weighted by molar-refractivity contribution is -0.119. The van der Waals surface area contributed by atoms with Gasteiger partial charge in [0, 0.05) is 5.88 Å². The summed E-state index contributed by atoms with van der Waals surface area (Å²) in [6.07, 6.45) is 0. The third kappa shape index (κ3) is 4.73. The standard InChI is InChI=1S/C6H11ClN4O3/c1-8-4-5(12)9-6(13)11(10-14)3-2-7/h8H,2-4H2,1H3,(H,9,12,13). The van der Waals surface area contributed by atoms with E-state index in [1.54, 1.807) is 7.05 Å². The SMILES string of the molecule is CNCC(=O)NC(=O)N(CCCl)N=O. The number of carbonyl (C=O) groups is 2. The quantitative estimate of drug-likeness (QED) is 0.378. The van der Waals surface area contributed by atoms with Gasteiger partial charge in [0.1, 0.15) is 0 Å². The van der Waals surface area contributed by atoms with Gasteiger partial charge in [-0.2, -0.15) is 5.01 Å². The summed E-state index contributed by atoms with van der Waals surface area (Å²) < 4.78 is 0. The highest BCUT2D eigenvalue weighted by Gasteiger charge is 2.15. The van der Waals surface area contributed by atoms with E-state index in [0.717, 1.165) is 0 Å². The molecule has 0 aromatic carbocycles. The van der Waals surface area contributed by atoms with Crippen molar-refractivity contribution in [1.29, 1.82) is 0 Å². The number of nitroso groups, excluding NO2 is 1. The Bertz CT molecular complexity index is 223. The third-order valence-electron chi connectivity index (χ3n) is 1.21. The normalized spacial score (nSPS) is 9.29. The fraction of sp³-hybridized carbons (Fsp3) is 0.667. The van der Waals surface area contributed by atoms with Crippen molar-refractivity contribution in [2.45, 2.75) is 0 Å². The Morgan fingerprint density at radius 2 is 2.14 bits per heavy atom. The first-order valence-corrected chi connectivity index (χ1v) is 4.34. The van der Waals surface area contributed by atoms with Crippen LogP contribution >= 0.6 is 11.6 Å². The van der Waals surface area contributed by atoms with E-state index in [9.17, 15) is 14.5 Å². The average molecular weight is 223 g/mol. The number of carbonyl (C=O) groups excluding carboxylic acids is 2. The van der Waals surface area contributed by atoms with Gasteiger partial charge in [0.15, 0.2) is 0 Å². The minimum absolute atomic E-state index is 0.0146. The Balaban J connectivity index is 4.03. The zero-order valence-electron chi connectivity index (χ0n) is 7.62. The predicted molar refractivity (Wildman–Crippen MR) is 50.7 cm³/mol. The van der Waals surface area contributed by atoms with Crippen molar-refractivity contribution in [2.75, 3.05) is 26.0 Å². The predicted octanol–water partition coefficient (Wildman–Crippen LogP) is -0.336. The van der Waals surface area contributed by atoms with Gasteiger partial charge in [0.25, 0.3) is 0 Å². The zero-order chi connectivity index (χ0) is 11.0. The number of imide groups is 1. The van der Waals surface area contributed by atoms with Crippen molar-refractivity contribution in [3.8, 4) is 0 Å². The highest BCUT2D eigenvalue weighted by Crippen LogP contribution is 1.91. The first-order valence-electron chi connectivity index (χ1n) is 3.81. The molecule has 0 unspecified atom stereocenters. The Labute approximate surface area is 85.7 Å². The summed E-state index contributed by atoms with van der Waals surface area (Å²) in [6.45, 7) is -0.0525. The summed E-state index contributed by atoms with van der Waals surface area (Å²) in [7, 11) is 1.55. The van der Waals surface area contributed by atoms with Crippen LogP contribution in [0.5, 0.6) is 0 Å². The van der Waals surface area contributed by atoms with Crippen LogP contribution in [0, 0.1) is 4.91 Å². The molecule has 0 fully saturated rings. The van der Waals surface area contributed by atoms with E-state index < -0.39 is 11.9 Å². The van der Waals surface area contributed by atoms with E-state index in [4.69, 9.17) is 11.6 Å². The van der Waals surface area contributed by atoms with E-state index in [1.165, 1.54) is 0 Å². The fourth-order valence-corrected chi connectivity index (χ4v) is 0.808. The molecular formula is C6H11ClN4O3. The highest BCUT2D eigenvalue weighted by atomic mass is 35.5. The molecule has 0 aliphatic rings. The smallest absolute Gasteiger partial charge is 0.311 e. The van der Waals surface area contributed by atoms with Crippen molar-refractivity contribution in [2.24, 2.45) is 5.29 Å². The lowest BCUT2D eigenvalue weighted by Gasteiger charge is -2.11. The van der Waals surface area contributed by atoms with Crippen LogP contribution in [-0.2, 0) is 4.79 Å². The first kappa shape index (κ1) is 12.8. The molecule has 0 spiro atoms. The molecule has 2 N–H and O–H groups in total. The number of urea groups is 1. The number of nitrogens with one attached hydrogen (secondary N) is 2. The Morgan fingerprint density at radius 3 is 2.57 bits per heavy atom. The summed E-state index contributed by atoms with van der Waals surface area (Å²) in [5.74, 6) is -0.472. The van der Waals surface area contributed by atoms with Crippen LogP contribution in [0.25, 0.3) is 0 Å². The lowest BCUT2D eigenvalue weighted by atomic mass is 10.6. The summed E-state index contributed by atoms with van der Waals surface area (Å²) in [4.78, 5) is 32.0. The lowest BCUT2D eigenvalue weighted by Crippen LogP contribution is -2.43. The summed E-state index contributed by atoms with van der Waals surface area (Å²) >= 11 is 5.30. The Hall–Kier alpha value is -1.21. The van der Waals surface area contributed by atoms with Gasteiger partial charge in [-0.1, -0.05) is 0 Å². The molecule has 0 radical (unpaired) electrons. The maximum absolute atomic E-state index is 11.1. The average Bonchev–Trinajstić information content (AvgIpc) is 2.14. The number of amides is 3. The van der Waals surface area contributed by atoms with E-state index in [-0.39, 0.29) is 19.0 Å². The molecule has 0 aromatic heterocycles. The van der Waals surface area contributed by atoms with Gasteiger partial charge in [-0.25, -0.2) is 4.79 Å². The molecule has 0 aliphatic heterocycles. The molecule has 0 aliphatic carbocycles. The maximum atomic E-state index is 11.1. The minimum atomic E-state index is -0.874. The molecule has 3 amide bonds. The molecule has 0 aromatic rings. The van der Waals surface area contributed by atoms with Crippen LogP contribution in [0.1, 0.15) is 0 Å². The highest BCUT2D eigenvalue weighted by molar-refractivity contribution is 6.18. The van der Waals surface area contributed by atoms with Crippen molar-refractivity contribution < 1.29 is 9.59 Å². The van der Waals surface area contributed by atoms with E-state index in [1.807, 2.05) is 5.32 Å². The molecule has 0 atom stereocenters. The molecule has 0 bridgehead atoms. The van der Waals surface area contributed by atoms with Gasteiger partial charge < -0.3 is 5.32 Å². The third-order valence-corrected chi connectivity index (χ3v) is 1.38. The molecule has 7 nitrogen and oxygen atoms in total. The second-order valence-electron chi connectivity index (χ2n) is 2.28. The van der Waals surface area contributed by atoms with Gasteiger partial charge in [-0.05, 0) is 7.05 Å². The summed E-state index contributed by atoms with van der Waals surface area (Å²) in [5.41, 5.74) is 0. The van der Waals surface area contributed by atoms with Gasteiger partial charge in [-0.3, -0.25) is 10.1 Å². The van der Waals surface area contributed by atoms with Gasteiger partial charge >= 0.3 is 6.03 Å². The first-order chi connectivity index (χ1) is 6.65. The monoisotopic (exact) mass is 222 g/mol. The molecule has 0 heterocycles. The van der Waals surface area contributed by atoms with Crippen molar-refractivity contribution in [3.05, 3.63) is 4.91 Å².